The van der Waals surface area contributed by atoms with Gasteiger partial charge in [-0.05, 0) is 43.7 Å². The second-order valence-corrected chi connectivity index (χ2v) is 10.9. The van der Waals surface area contributed by atoms with E-state index >= 15 is 0 Å². The molecule has 8 nitrogen and oxygen atoms in total. The molecule has 4 aromatic rings. The SMILES string of the molecule is CCn1c(-c2nc3cc(C(=O)N4C[C@H](NC(=O)C(F)(F)I)C[C@@H](OC)C4)ccc3n2C)cc2ccccc21. The van der Waals surface area contributed by atoms with Crippen molar-refractivity contribution in [3.8, 4) is 11.5 Å². The normalized spacial score (nSPS) is 18.3. The van der Waals surface area contributed by atoms with Crippen LogP contribution in [0.3, 0.4) is 0 Å². The molecule has 1 aliphatic heterocycles. The standard InChI is InChI=1S/C27H28F2IN5O3/c1-4-35-21-8-6-5-7-16(21)12-23(35)24-32-20-11-17(9-10-22(20)33(24)2)25(36)34-14-18(13-19(15-34)38-3)31-26(37)27(28,29)30/h5-12,18-19H,4,13-15H2,1-3H3,(H,31,37)/t18-,19-/m1/s1. The summed E-state index contributed by atoms with van der Waals surface area (Å²) in [5.41, 5.74) is 4.11. The van der Waals surface area contributed by atoms with E-state index in [9.17, 15) is 18.4 Å². The molecule has 0 unspecified atom stereocenters. The van der Waals surface area contributed by atoms with E-state index in [-0.39, 0.29) is 18.6 Å². The zero-order chi connectivity index (χ0) is 27.2. The summed E-state index contributed by atoms with van der Waals surface area (Å²) < 4.78 is 33.0. The first-order valence-corrected chi connectivity index (χ1v) is 13.4. The summed E-state index contributed by atoms with van der Waals surface area (Å²) in [4.78, 5) is 31.8. The van der Waals surface area contributed by atoms with Crippen molar-refractivity contribution in [2.75, 3.05) is 20.2 Å². The summed E-state index contributed by atoms with van der Waals surface area (Å²) in [5, 5.41) is 3.48. The van der Waals surface area contributed by atoms with Crippen molar-refractivity contribution in [2.24, 2.45) is 7.05 Å². The van der Waals surface area contributed by atoms with Crippen LogP contribution in [0, 0.1) is 0 Å². The Morgan fingerprint density at radius 3 is 2.63 bits per heavy atom. The maximum Gasteiger partial charge on any atom is 0.372 e. The average Bonchev–Trinajstić information content (AvgIpc) is 3.44. The van der Waals surface area contributed by atoms with Gasteiger partial charge in [0, 0.05) is 78.9 Å². The Kier molecular flexibility index (Phi) is 7.16. The predicted octanol–water partition coefficient (Wildman–Crippen LogP) is 4.59. The summed E-state index contributed by atoms with van der Waals surface area (Å²) in [5.74, 6) is -0.856. The molecule has 5 rings (SSSR count). The van der Waals surface area contributed by atoms with Crippen LogP contribution >= 0.6 is 22.6 Å². The summed E-state index contributed by atoms with van der Waals surface area (Å²) in [6.45, 7) is 3.29. The molecule has 3 heterocycles. The monoisotopic (exact) mass is 635 g/mol. The number of aromatic nitrogens is 3. The Morgan fingerprint density at radius 2 is 1.92 bits per heavy atom. The lowest BCUT2D eigenvalue weighted by Crippen LogP contribution is -2.56. The van der Waals surface area contributed by atoms with Gasteiger partial charge in [-0.1, -0.05) is 18.2 Å². The molecule has 2 aromatic heterocycles. The zero-order valence-corrected chi connectivity index (χ0v) is 23.4. The molecule has 1 aliphatic rings. The highest BCUT2D eigenvalue weighted by Gasteiger charge is 2.39. The van der Waals surface area contributed by atoms with Gasteiger partial charge in [-0.2, -0.15) is 8.78 Å². The van der Waals surface area contributed by atoms with Gasteiger partial charge in [0.05, 0.1) is 22.8 Å². The van der Waals surface area contributed by atoms with E-state index in [1.165, 1.54) is 12.0 Å². The number of fused-ring (bicyclic) bond motifs is 2. The van der Waals surface area contributed by atoms with Gasteiger partial charge in [-0.15, -0.1) is 0 Å². The van der Waals surface area contributed by atoms with Crippen LogP contribution in [0.2, 0.25) is 0 Å². The first kappa shape index (κ1) is 26.5. The highest BCUT2D eigenvalue weighted by Crippen LogP contribution is 2.31. The van der Waals surface area contributed by atoms with E-state index in [1.807, 2.05) is 29.8 Å². The number of piperidine rings is 1. The molecule has 2 atom stereocenters. The number of para-hydroxylation sites is 1. The Labute approximate surface area is 232 Å². The third-order valence-electron chi connectivity index (χ3n) is 7.11. The largest absolute Gasteiger partial charge is 0.380 e. The number of hydrogen-bond acceptors (Lipinski definition) is 4. The number of halogens is 3. The van der Waals surface area contributed by atoms with Gasteiger partial charge >= 0.3 is 9.84 Å². The predicted molar refractivity (Wildman–Crippen MR) is 150 cm³/mol. The molecule has 0 saturated carbocycles. The number of aryl methyl sites for hydroxylation is 2. The minimum atomic E-state index is -3.53. The Hall–Kier alpha value is -3.06. The Balaban J connectivity index is 1.45. The number of nitrogens with zero attached hydrogens (tertiary/aromatic N) is 4. The maximum atomic E-state index is 13.5. The van der Waals surface area contributed by atoms with Gasteiger partial charge in [0.1, 0.15) is 0 Å². The van der Waals surface area contributed by atoms with E-state index in [0.717, 1.165) is 57.1 Å². The van der Waals surface area contributed by atoms with E-state index in [2.05, 4.69) is 35.0 Å². The lowest BCUT2D eigenvalue weighted by atomic mass is 10.0. The molecule has 2 aromatic carbocycles. The van der Waals surface area contributed by atoms with Crippen molar-refractivity contribution in [2.45, 2.75) is 36.0 Å². The highest BCUT2D eigenvalue weighted by atomic mass is 127. The summed E-state index contributed by atoms with van der Waals surface area (Å²) in [6, 6.07) is 15.0. The molecule has 0 aliphatic carbocycles. The minimum Gasteiger partial charge on any atom is -0.380 e. The molecule has 0 radical (unpaired) electrons. The molecule has 0 bridgehead atoms. The number of rotatable bonds is 6. The number of amides is 2. The van der Waals surface area contributed by atoms with Crippen LogP contribution in [0.1, 0.15) is 23.7 Å². The highest BCUT2D eigenvalue weighted by molar-refractivity contribution is 14.1. The molecular formula is C27H28F2IN5O3. The van der Waals surface area contributed by atoms with Gasteiger partial charge < -0.3 is 24.1 Å². The summed E-state index contributed by atoms with van der Waals surface area (Å²) >= 11 is 0.798. The van der Waals surface area contributed by atoms with Crippen molar-refractivity contribution < 1.29 is 23.1 Å². The van der Waals surface area contributed by atoms with Gasteiger partial charge in [0.15, 0.2) is 5.82 Å². The molecule has 38 heavy (non-hydrogen) atoms. The Morgan fingerprint density at radius 1 is 1.16 bits per heavy atom. The topological polar surface area (TPSA) is 81.4 Å². The lowest BCUT2D eigenvalue weighted by molar-refractivity contribution is -0.134. The van der Waals surface area contributed by atoms with Crippen molar-refractivity contribution >= 4 is 56.3 Å². The number of methoxy groups -OCH3 is 1. The number of ether oxygens (including phenoxy) is 1. The second-order valence-electron chi connectivity index (χ2n) is 9.50. The van der Waals surface area contributed by atoms with Gasteiger partial charge in [-0.25, -0.2) is 4.98 Å². The van der Waals surface area contributed by atoms with Crippen molar-refractivity contribution in [1.29, 1.82) is 0 Å². The number of imidazole rings is 1. The van der Waals surface area contributed by atoms with E-state index in [0.29, 0.717) is 24.0 Å². The lowest BCUT2D eigenvalue weighted by Gasteiger charge is -2.37. The fourth-order valence-corrected chi connectivity index (χ4v) is 5.40. The second kappa shape index (κ2) is 10.3. The zero-order valence-electron chi connectivity index (χ0n) is 21.2. The van der Waals surface area contributed by atoms with E-state index in [1.54, 1.807) is 12.1 Å². The number of alkyl halides is 3. The fraction of sp³-hybridized carbons (Fsp3) is 0.370. The van der Waals surface area contributed by atoms with E-state index < -0.39 is 15.9 Å². The van der Waals surface area contributed by atoms with Crippen LogP contribution in [0.25, 0.3) is 33.5 Å². The molecule has 11 heteroatoms. The van der Waals surface area contributed by atoms with Crippen molar-refractivity contribution in [3.05, 3.63) is 54.1 Å². The van der Waals surface area contributed by atoms with Crippen LogP contribution in [0.4, 0.5) is 8.78 Å². The average molecular weight is 635 g/mol. The van der Waals surface area contributed by atoms with Crippen LogP contribution in [-0.4, -0.2) is 67.1 Å². The third kappa shape index (κ3) is 4.89. The molecule has 0 spiro atoms. The molecule has 200 valence electrons. The first-order valence-electron chi connectivity index (χ1n) is 12.4. The summed E-state index contributed by atoms with van der Waals surface area (Å²) in [6.07, 6.45) is -0.0470. The molecule has 1 fully saturated rings. The summed E-state index contributed by atoms with van der Waals surface area (Å²) in [7, 11) is 3.45. The number of carbonyl (C=O) groups excluding carboxylic acids is 2. The smallest absolute Gasteiger partial charge is 0.372 e. The molecule has 1 saturated heterocycles. The van der Waals surface area contributed by atoms with E-state index in [4.69, 9.17) is 9.72 Å². The van der Waals surface area contributed by atoms with Crippen molar-refractivity contribution in [1.82, 2.24) is 24.3 Å². The number of carbonyl (C=O) groups is 2. The van der Waals surface area contributed by atoms with Crippen molar-refractivity contribution in [3.63, 3.8) is 0 Å². The molecule has 2 amide bonds. The van der Waals surface area contributed by atoms with Crippen LogP contribution in [0.5, 0.6) is 0 Å². The third-order valence-corrected chi connectivity index (χ3v) is 7.60. The number of hydrogen-bond donors (Lipinski definition) is 1. The van der Waals surface area contributed by atoms with Gasteiger partial charge in [0.25, 0.3) is 5.91 Å². The van der Waals surface area contributed by atoms with Crippen LogP contribution in [0.15, 0.2) is 48.5 Å². The first-order chi connectivity index (χ1) is 18.1. The van der Waals surface area contributed by atoms with Crippen LogP contribution in [-0.2, 0) is 23.1 Å². The molecule has 1 N–H and O–H groups in total. The fourth-order valence-electron chi connectivity index (χ4n) is 5.24. The van der Waals surface area contributed by atoms with Gasteiger partial charge in [-0.3, -0.25) is 9.59 Å². The number of likely N-dealkylation sites (tertiary alicyclic amines) is 1. The van der Waals surface area contributed by atoms with Gasteiger partial charge in [0.2, 0.25) is 0 Å². The maximum absolute atomic E-state index is 13.5. The Bertz CT molecular complexity index is 1530. The molecular weight excluding hydrogens is 607 g/mol. The minimum absolute atomic E-state index is 0.110. The number of nitrogens with one attached hydrogen (secondary N) is 1. The quantitative estimate of drug-likeness (QED) is 0.249. The van der Waals surface area contributed by atoms with Crippen LogP contribution < -0.4 is 5.32 Å². The number of benzene rings is 2.